The zero-order chi connectivity index (χ0) is 10.5. The Kier molecular flexibility index (Phi) is 3.38. The summed E-state index contributed by atoms with van der Waals surface area (Å²) in [6, 6.07) is 0. The van der Waals surface area contributed by atoms with Gasteiger partial charge in [-0.1, -0.05) is 59.0 Å². The summed E-state index contributed by atoms with van der Waals surface area (Å²) in [5.41, 5.74) is 0.195. The third kappa shape index (κ3) is 1.55. The van der Waals surface area contributed by atoms with E-state index in [0.717, 1.165) is 0 Å². The summed E-state index contributed by atoms with van der Waals surface area (Å²) >= 11 is 5.09. The van der Waals surface area contributed by atoms with Crippen LogP contribution in [0.1, 0.15) is 26.7 Å². The smallest absolute Gasteiger partial charge is 0.182 e. The van der Waals surface area contributed by atoms with Crippen LogP contribution in [0.25, 0.3) is 0 Å². The Morgan fingerprint density at radius 3 is 2.00 bits per heavy atom. The van der Waals surface area contributed by atoms with Crippen molar-refractivity contribution in [1.82, 2.24) is 0 Å². The summed E-state index contributed by atoms with van der Waals surface area (Å²) in [5, 5.41) is 9.51. The van der Waals surface area contributed by atoms with E-state index in [1.165, 1.54) is 12.8 Å². The van der Waals surface area contributed by atoms with Gasteiger partial charge in [0.2, 0.25) is 0 Å². The third-order valence-corrected chi connectivity index (χ3v) is 7.12. The highest BCUT2D eigenvalue weighted by Gasteiger charge is 2.63. The van der Waals surface area contributed by atoms with Gasteiger partial charge in [-0.05, 0) is 18.8 Å². The zero-order valence-electron chi connectivity index (χ0n) is 8.41. The first-order valence-electron chi connectivity index (χ1n) is 5.13. The first kappa shape index (κ1) is 11.9. The van der Waals surface area contributed by atoms with E-state index in [0.29, 0.717) is 13.8 Å². The second-order valence-corrected chi connectivity index (χ2v) is 7.62. The van der Waals surface area contributed by atoms with Crippen LogP contribution in [0.2, 0.25) is 0 Å². The first-order valence-corrected chi connectivity index (χ1v) is 7.62. The van der Waals surface area contributed by atoms with E-state index in [-0.39, 0.29) is 11.5 Å². The molecule has 1 heterocycles. The minimum atomic E-state index is -0.495. The largest absolute Gasteiger partial charge is 0.366 e. The van der Waals surface area contributed by atoms with Crippen molar-refractivity contribution in [3.8, 4) is 0 Å². The van der Waals surface area contributed by atoms with E-state index >= 15 is 0 Å². The van der Waals surface area contributed by atoms with E-state index in [1.54, 1.807) is 0 Å². The van der Waals surface area contributed by atoms with Crippen LogP contribution < -0.4 is 0 Å². The van der Waals surface area contributed by atoms with Crippen molar-refractivity contribution in [2.75, 3.05) is 0 Å². The number of hydrogen-bond acceptors (Lipinski definition) is 2. The van der Waals surface area contributed by atoms with E-state index in [9.17, 15) is 5.11 Å². The lowest BCUT2D eigenvalue weighted by atomic mass is 9.73. The summed E-state index contributed by atoms with van der Waals surface area (Å²) in [4.78, 5) is 0. The number of hydrogen-bond donors (Lipinski definition) is 1. The number of rotatable bonds is 2. The SMILES string of the molecule is CC(C)C1(C2OC2O)C(I)CCC1I. The fraction of sp³-hybridized carbons (Fsp3) is 1.00. The van der Waals surface area contributed by atoms with Gasteiger partial charge in [0.1, 0.15) is 6.10 Å². The average molecular weight is 422 g/mol. The summed E-state index contributed by atoms with van der Waals surface area (Å²) < 4.78 is 6.64. The molecule has 1 aliphatic carbocycles. The summed E-state index contributed by atoms with van der Waals surface area (Å²) in [7, 11) is 0. The Bertz CT molecular complexity index is 222. The second-order valence-electron chi connectivity index (χ2n) is 4.61. The predicted molar refractivity (Wildman–Crippen MR) is 73.0 cm³/mol. The van der Waals surface area contributed by atoms with Crippen molar-refractivity contribution < 1.29 is 9.84 Å². The Morgan fingerprint density at radius 1 is 1.29 bits per heavy atom. The number of epoxide rings is 1. The number of aliphatic hydroxyl groups excluding tert-OH is 1. The van der Waals surface area contributed by atoms with Gasteiger partial charge in [0.25, 0.3) is 0 Å². The molecular weight excluding hydrogens is 406 g/mol. The molecule has 2 fully saturated rings. The second kappa shape index (κ2) is 4.00. The molecule has 1 aliphatic heterocycles. The Morgan fingerprint density at radius 2 is 1.71 bits per heavy atom. The fourth-order valence-corrected chi connectivity index (χ4v) is 7.29. The van der Waals surface area contributed by atoms with Crippen LogP contribution in [0.3, 0.4) is 0 Å². The average Bonchev–Trinajstić information content (AvgIpc) is 2.72. The molecule has 0 radical (unpaired) electrons. The Balaban J connectivity index is 2.29. The molecule has 2 rings (SSSR count). The van der Waals surface area contributed by atoms with Gasteiger partial charge in [0.15, 0.2) is 6.29 Å². The molecule has 2 nitrogen and oxygen atoms in total. The first-order chi connectivity index (χ1) is 6.51. The standard InChI is InChI=1S/C10H16I2O2/c1-5(2)10(8-9(13)14-8)6(11)3-4-7(10)12/h5-9,13H,3-4H2,1-2H3. The molecule has 4 heteroatoms. The van der Waals surface area contributed by atoms with Gasteiger partial charge < -0.3 is 9.84 Å². The molecule has 1 N–H and O–H groups in total. The van der Waals surface area contributed by atoms with Crippen LogP contribution in [0, 0.1) is 11.3 Å². The monoisotopic (exact) mass is 422 g/mol. The minimum Gasteiger partial charge on any atom is -0.366 e. The van der Waals surface area contributed by atoms with Crippen molar-refractivity contribution in [1.29, 1.82) is 0 Å². The molecule has 0 spiro atoms. The normalized spacial score (nSPS) is 52.7. The summed E-state index contributed by atoms with van der Waals surface area (Å²) in [5.74, 6) is 0.580. The van der Waals surface area contributed by atoms with Gasteiger partial charge in [0.05, 0.1) is 0 Å². The quantitative estimate of drug-likeness (QED) is 0.422. The summed E-state index contributed by atoms with van der Waals surface area (Å²) in [6.45, 7) is 4.52. The van der Waals surface area contributed by atoms with Crippen LogP contribution >= 0.6 is 45.2 Å². The van der Waals surface area contributed by atoms with Crippen LogP contribution in [-0.4, -0.2) is 25.3 Å². The molecule has 4 atom stereocenters. The minimum absolute atomic E-state index is 0.0915. The Hall–Kier alpha value is 1.38. The van der Waals surface area contributed by atoms with E-state index in [2.05, 4.69) is 59.0 Å². The zero-order valence-corrected chi connectivity index (χ0v) is 12.7. The molecule has 0 aromatic carbocycles. The van der Waals surface area contributed by atoms with Gasteiger partial charge in [-0.3, -0.25) is 0 Å². The lowest BCUT2D eigenvalue weighted by molar-refractivity contribution is 0.145. The van der Waals surface area contributed by atoms with Crippen LogP contribution in [0.15, 0.2) is 0 Å². The molecule has 2 aliphatic rings. The summed E-state index contributed by atoms with van der Waals surface area (Å²) in [6.07, 6.45) is 2.12. The fourth-order valence-electron chi connectivity index (χ4n) is 2.87. The number of halogens is 2. The maximum absolute atomic E-state index is 9.51. The van der Waals surface area contributed by atoms with Gasteiger partial charge in [-0.15, -0.1) is 0 Å². The van der Waals surface area contributed by atoms with Crippen molar-refractivity contribution in [2.45, 2.75) is 46.9 Å². The van der Waals surface area contributed by atoms with Gasteiger partial charge >= 0.3 is 0 Å². The molecule has 1 saturated carbocycles. The molecule has 4 unspecified atom stereocenters. The van der Waals surface area contributed by atoms with E-state index < -0.39 is 6.29 Å². The van der Waals surface area contributed by atoms with Gasteiger partial charge in [-0.25, -0.2) is 0 Å². The highest BCUT2D eigenvalue weighted by Crippen LogP contribution is 2.59. The van der Waals surface area contributed by atoms with Crippen molar-refractivity contribution in [2.24, 2.45) is 11.3 Å². The van der Waals surface area contributed by atoms with Gasteiger partial charge in [-0.2, -0.15) is 0 Å². The number of alkyl halides is 2. The van der Waals surface area contributed by atoms with Crippen LogP contribution in [-0.2, 0) is 4.74 Å². The maximum Gasteiger partial charge on any atom is 0.182 e. The molecule has 0 amide bonds. The maximum atomic E-state index is 9.51. The molecule has 14 heavy (non-hydrogen) atoms. The molecule has 0 aromatic heterocycles. The van der Waals surface area contributed by atoms with Crippen molar-refractivity contribution in [3.05, 3.63) is 0 Å². The highest BCUT2D eigenvalue weighted by molar-refractivity contribution is 14.1. The molecular formula is C10H16I2O2. The molecule has 1 saturated heterocycles. The highest BCUT2D eigenvalue weighted by atomic mass is 127. The third-order valence-electron chi connectivity index (χ3n) is 3.72. The number of ether oxygens (including phenoxy) is 1. The van der Waals surface area contributed by atoms with Crippen LogP contribution in [0.4, 0.5) is 0 Å². The van der Waals surface area contributed by atoms with Gasteiger partial charge in [0, 0.05) is 13.3 Å². The van der Waals surface area contributed by atoms with Crippen molar-refractivity contribution in [3.63, 3.8) is 0 Å². The van der Waals surface area contributed by atoms with Crippen molar-refractivity contribution >= 4 is 45.2 Å². The lowest BCUT2D eigenvalue weighted by Gasteiger charge is -2.38. The molecule has 0 bridgehead atoms. The topological polar surface area (TPSA) is 32.8 Å². The number of aliphatic hydroxyl groups is 1. The van der Waals surface area contributed by atoms with E-state index in [4.69, 9.17) is 4.74 Å². The van der Waals surface area contributed by atoms with Crippen LogP contribution in [0.5, 0.6) is 0 Å². The Labute approximate surface area is 112 Å². The predicted octanol–water partition coefficient (Wildman–Crippen LogP) is 2.75. The van der Waals surface area contributed by atoms with E-state index in [1.807, 2.05) is 0 Å². The molecule has 0 aromatic rings. The lowest BCUT2D eigenvalue weighted by Crippen LogP contribution is -2.44. The molecule has 82 valence electrons.